The highest BCUT2D eigenvalue weighted by molar-refractivity contribution is 5.70. The molecule has 1 aromatic rings. The SMILES string of the molecule is CC(=O)Oc1cccc([C@@H]2NC(=O)OCC2(C)C)c1. The second-order valence-corrected chi connectivity index (χ2v) is 5.31. The molecule has 1 saturated heterocycles. The van der Waals surface area contributed by atoms with E-state index in [0.717, 1.165) is 5.56 Å². The molecule has 0 aliphatic carbocycles. The first-order valence-corrected chi connectivity index (χ1v) is 6.10. The number of amides is 1. The topological polar surface area (TPSA) is 64.6 Å². The van der Waals surface area contributed by atoms with Gasteiger partial charge in [0.1, 0.15) is 12.4 Å². The first kappa shape index (κ1) is 13.4. The van der Waals surface area contributed by atoms with Gasteiger partial charge in [0.05, 0.1) is 6.04 Å². The maximum atomic E-state index is 11.4. The van der Waals surface area contributed by atoms with Gasteiger partial charge in [-0.3, -0.25) is 4.79 Å². The molecule has 5 nitrogen and oxygen atoms in total. The van der Waals surface area contributed by atoms with Gasteiger partial charge in [0.25, 0.3) is 0 Å². The number of ether oxygens (including phenoxy) is 2. The molecule has 0 unspecified atom stereocenters. The number of cyclic esters (lactones) is 1. The number of nitrogens with one attached hydrogen (secondary N) is 1. The third kappa shape index (κ3) is 3.05. The smallest absolute Gasteiger partial charge is 0.407 e. The lowest BCUT2D eigenvalue weighted by molar-refractivity contribution is -0.131. The van der Waals surface area contributed by atoms with E-state index < -0.39 is 6.09 Å². The largest absolute Gasteiger partial charge is 0.449 e. The van der Waals surface area contributed by atoms with Crippen LogP contribution in [0.25, 0.3) is 0 Å². The molecule has 0 bridgehead atoms. The second kappa shape index (κ2) is 4.91. The summed E-state index contributed by atoms with van der Waals surface area (Å²) in [6, 6.07) is 6.98. The van der Waals surface area contributed by atoms with Crippen molar-refractivity contribution in [2.45, 2.75) is 26.8 Å². The Morgan fingerprint density at radius 1 is 1.47 bits per heavy atom. The Kier molecular flexibility index (Phi) is 3.46. The van der Waals surface area contributed by atoms with Crippen molar-refractivity contribution in [2.24, 2.45) is 5.41 Å². The molecule has 0 radical (unpaired) electrons. The van der Waals surface area contributed by atoms with Crippen LogP contribution in [0.3, 0.4) is 0 Å². The van der Waals surface area contributed by atoms with Crippen molar-refractivity contribution in [3.05, 3.63) is 29.8 Å². The summed E-state index contributed by atoms with van der Waals surface area (Å²) in [5.74, 6) is 0.106. The molecule has 1 atom stereocenters. The molecule has 1 aliphatic rings. The van der Waals surface area contributed by atoms with Crippen LogP contribution in [-0.4, -0.2) is 18.7 Å². The fourth-order valence-electron chi connectivity index (χ4n) is 2.15. The van der Waals surface area contributed by atoms with Crippen LogP contribution in [0.2, 0.25) is 0 Å². The Labute approximate surface area is 111 Å². The zero-order valence-corrected chi connectivity index (χ0v) is 11.2. The van der Waals surface area contributed by atoms with E-state index >= 15 is 0 Å². The van der Waals surface area contributed by atoms with E-state index in [-0.39, 0.29) is 17.4 Å². The minimum absolute atomic E-state index is 0.177. The van der Waals surface area contributed by atoms with E-state index in [2.05, 4.69) is 5.32 Å². The van der Waals surface area contributed by atoms with E-state index in [9.17, 15) is 9.59 Å². The van der Waals surface area contributed by atoms with Crippen molar-refractivity contribution >= 4 is 12.1 Å². The van der Waals surface area contributed by atoms with E-state index in [0.29, 0.717) is 12.4 Å². The summed E-state index contributed by atoms with van der Waals surface area (Å²) < 4.78 is 10.1. The van der Waals surface area contributed by atoms with Gasteiger partial charge in [-0.1, -0.05) is 26.0 Å². The molecule has 1 fully saturated rings. The number of hydrogen-bond acceptors (Lipinski definition) is 4. The van der Waals surface area contributed by atoms with Gasteiger partial charge < -0.3 is 14.8 Å². The molecule has 5 heteroatoms. The quantitative estimate of drug-likeness (QED) is 0.657. The van der Waals surface area contributed by atoms with Crippen LogP contribution in [-0.2, 0) is 9.53 Å². The molecular formula is C14H17NO4. The van der Waals surface area contributed by atoms with Gasteiger partial charge in [-0.2, -0.15) is 0 Å². The van der Waals surface area contributed by atoms with Crippen molar-refractivity contribution < 1.29 is 19.1 Å². The third-order valence-corrected chi connectivity index (χ3v) is 3.07. The lowest BCUT2D eigenvalue weighted by Gasteiger charge is -2.38. The standard InChI is InChI=1S/C14H17NO4/c1-9(16)19-11-6-4-5-10(7-11)12-14(2,3)8-18-13(17)15-12/h4-7,12H,8H2,1-3H3,(H,15,17)/t12-/m0/s1. The maximum absolute atomic E-state index is 11.4. The van der Waals surface area contributed by atoms with Crippen LogP contribution in [0.1, 0.15) is 32.4 Å². The summed E-state index contributed by atoms with van der Waals surface area (Å²) in [6.45, 7) is 5.72. The van der Waals surface area contributed by atoms with E-state index in [1.807, 2.05) is 19.9 Å². The minimum atomic E-state index is -0.429. The number of hydrogen-bond donors (Lipinski definition) is 1. The predicted molar refractivity (Wildman–Crippen MR) is 68.8 cm³/mol. The Morgan fingerprint density at radius 3 is 2.89 bits per heavy atom. The number of benzene rings is 1. The molecule has 2 rings (SSSR count). The van der Waals surface area contributed by atoms with Gasteiger partial charge in [-0.05, 0) is 17.7 Å². The molecule has 1 heterocycles. The molecule has 1 N–H and O–H groups in total. The number of esters is 1. The van der Waals surface area contributed by atoms with Crippen LogP contribution in [0, 0.1) is 5.41 Å². The van der Waals surface area contributed by atoms with E-state index in [1.165, 1.54) is 6.92 Å². The fourth-order valence-corrected chi connectivity index (χ4v) is 2.15. The summed E-state index contributed by atoms with van der Waals surface area (Å²) >= 11 is 0. The summed E-state index contributed by atoms with van der Waals surface area (Å²) in [5.41, 5.74) is 0.656. The zero-order chi connectivity index (χ0) is 14.0. The number of rotatable bonds is 2. The highest BCUT2D eigenvalue weighted by Crippen LogP contribution is 2.37. The van der Waals surface area contributed by atoms with Crippen LogP contribution in [0.15, 0.2) is 24.3 Å². The monoisotopic (exact) mass is 263 g/mol. The molecule has 0 spiro atoms. The first-order chi connectivity index (χ1) is 8.88. The van der Waals surface area contributed by atoms with Gasteiger partial charge in [0, 0.05) is 12.3 Å². The summed E-state index contributed by atoms with van der Waals surface area (Å²) in [7, 11) is 0. The van der Waals surface area contributed by atoms with Gasteiger partial charge in [-0.25, -0.2) is 4.79 Å². The Bertz CT molecular complexity index is 510. The minimum Gasteiger partial charge on any atom is -0.449 e. The number of alkyl carbamates (subject to hydrolysis) is 1. The highest BCUT2D eigenvalue weighted by atomic mass is 16.6. The zero-order valence-electron chi connectivity index (χ0n) is 11.2. The second-order valence-electron chi connectivity index (χ2n) is 5.31. The van der Waals surface area contributed by atoms with Crippen molar-refractivity contribution in [3.63, 3.8) is 0 Å². The van der Waals surface area contributed by atoms with Gasteiger partial charge >= 0.3 is 12.1 Å². The average molecular weight is 263 g/mol. The molecule has 1 amide bonds. The summed E-state index contributed by atoms with van der Waals surface area (Å²) in [6.07, 6.45) is -0.429. The van der Waals surface area contributed by atoms with Crippen molar-refractivity contribution in [1.29, 1.82) is 0 Å². The Balaban J connectivity index is 2.29. The molecule has 1 aromatic carbocycles. The average Bonchev–Trinajstić information content (AvgIpc) is 2.32. The van der Waals surface area contributed by atoms with Gasteiger partial charge in [0.15, 0.2) is 0 Å². The Morgan fingerprint density at radius 2 is 2.21 bits per heavy atom. The summed E-state index contributed by atoms with van der Waals surface area (Å²) in [4.78, 5) is 22.3. The first-order valence-electron chi connectivity index (χ1n) is 6.10. The van der Waals surface area contributed by atoms with Crippen molar-refractivity contribution in [2.75, 3.05) is 6.61 Å². The normalized spacial score (nSPS) is 21.2. The lowest BCUT2D eigenvalue weighted by Crippen LogP contribution is -2.46. The van der Waals surface area contributed by atoms with Crippen LogP contribution >= 0.6 is 0 Å². The van der Waals surface area contributed by atoms with E-state index in [4.69, 9.17) is 9.47 Å². The van der Waals surface area contributed by atoms with Crippen LogP contribution in [0.5, 0.6) is 5.75 Å². The van der Waals surface area contributed by atoms with E-state index in [1.54, 1.807) is 18.2 Å². The summed E-state index contributed by atoms with van der Waals surface area (Å²) in [5, 5.41) is 2.80. The fraction of sp³-hybridized carbons (Fsp3) is 0.429. The van der Waals surface area contributed by atoms with Crippen molar-refractivity contribution in [3.8, 4) is 5.75 Å². The third-order valence-electron chi connectivity index (χ3n) is 3.07. The molecule has 19 heavy (non-hydrogen) atoms. The molecule has 0 aromatic heterocycles. The molecule has 1 aliphatic heterocycles. The molecule has 102 valence electrons. The number of carbonyl (C=O) groups excluding carboxylic acids is 2. The lowest BCUT2D eigenvalue weighted by atomic mass is 9.80. The predicted octanol–water partition coefficient (Wildman–Crippen LogP) is 2.42. The van der Waals surface area contributed by atoms with Crippen LogP contribution in [0.4, 0.5) is 4.79 Å². The number of carbonyl (C=O) groups is 2. The van der Waals surface area contributed by atoms with Crippen molar-refractivity contribution in [1.82, 2.24) is 5.32 Å². The van der Waals surface area contributed by atoms with Gasteiger partial charge in [-0.15, -0.1) is 0 Å². The molecular weight excluding hydrogens is 246 g/mol. The van der Waals surface area contributed by atoms with Crippen LogP contribution < -0.4 is 10.1 Å². The highest BCUT2D eigenvalue weighted by Gasteiger charge is 2.37. The van der Waals surface area contributed by atoms with Gasteiger partial charge in [0.2, 0.25) is 0 Å². The molecule has 0 saturated carbocycles. The Hall–Kier alpha value is -2.04. The maximum Gasteiger partial charge on any atom is 0.407 e.